The van der Waals surface area contributed by atoms with Gasteiger partial charge in [0.1, 0.15) is 0 Å². The van der Waals surface area contributed by atoms with Gasteiger partial charge in [-0.3, -0.25) is 0 Å². The van der Waals surface area contributed by atoms with Crippen LogP contribution in [0.15, 0.2) is 24.3 Å². The quantitative estimate of drug-likeness (QED) is 0.884. The van der Waals surface area contributed by atoms with Crippen LogP contribution < -0.4 is 5.32 Å². The van der Waals surface area contributed by atoms with Gasteiger partial charge in [-0.1, -0.05) is 12.1 Å². The molecule has 17 heavy (non-hydrogen) atoms. The third-order valence-electron chi connectivity index (χ3n) is 3.02. The first kappa shape index (κ1) is 12.8. The molecule has 0 spiro atoms. The van der Waals surface area contributed by atoms with Crippen LogP contribution in [0.2, 0.25) is 0 Å². The molecule has 0 atom stereocenters. The summed E-state index contributed by atoms with van der Waals surface area (Å²) in [4.78, 5) is 2.20. The molecule has 1 aliphatic heterocycles. The number of anilines is 1. The van der Waals surface area contributed by atoms with Gasteiger partial charge in [-0.05, 0) is 56.1 Å². The summed E-state index contributed by atoms with van der Waals surface area (Å²) in [7, 11) is 4.22. The molecule has 0 aromatic heterocycles. The van der Waals surface area contributed by atoms with E-state index in [9.17, 15) is 0 Å². The molecule has 3 heteroatoms. The molecule has 2 nitrogen and oxygen atoms in total. The molecule has 0 radical (unpaired) electrons. The lowest BCUT2D eigenvalue weighted by Gasteiger charge is -2.24. The van der Waals surface area contributed by atoms with Gasteiger partial charge in [-0.15, -0.1) is 0 Å². The van der Waals surface area contributed by atoms with E-state index in [1.54, 1.807) is 0 Å². The third-order valence-corrected chi connectivity index (χ3v) is 4.07. The van der Waals surface area contributed by atoms with Gasteiger partial charge in [0.05, 0.1) is 0 Å². The topological polar surface area (TPSA) is 15.3 Å². The number of hydrogen-bond donors (Lipinski definition) is 1. The molecule has 0 unspecified atom stereocenters. The average molecular weight is 250 g/mol. The highest BCUT2D eigenvalue weighted by Crippen LogP contribution is 2.21. The third kappa shape index (κ3) is 4.25. The number of hydrogen-bond acceptors (Lipinski definition) is 3. The van der Waals surface area contributed by atoms with E-state index in [2.05, 4.69) is 60.3 Å². The molecule has 0 aliphatic carbocycles. The number of nitrogens with zero attached hydrogens (tertiary/aromatic N) is 1. The molecule has 94 valence electrons. The van der Waals surface area contributed by atoms with Gasteiger partial charge in [-0.25, -0.2) is 0 Å². The maximum Gasteiger partial charge on any atom is 0.0345 e. The fourth-order valence-corrected chi connectivity index (χ4v) is 3.31. The van der Waals surface area contributed by atoms with Gasteiger partial charge in [0.15, 0.2) is 0 Å². The van der Waals surface area contributed by atoms with Crippen LogP contribution in [0.1, 0.15) is 18.4 Å². The van der Waals surface area contributed by atoms with Crippen LogP contribution in [0, 0.1) is 0 Å². The van der Waals surface area contributed by atoms with Crippen LogP contribution in [0.4, 0.5) is 5.69 Å². The first-order valence-electron chi connectivity index (χ1n) is 6.32. The molecule has 0 amide bonds. The highest BCUT2D eigenvalue weighted by atomic mass is 32.2. The van der Waals surface area contributed by atoms with Crippen molar-refractivity contribution in [1.29, 1.82) is 0 Å². The SMILES string of the molecule is CN(C)Cc1cccc(NC2CCSCC2)c1. The molecule has 1 saturated heterocycles. The first-order chi connectivity index (χ1) is 8.24. The molecular weight excluding hydrogens is 228 g/mol. The molecular formula is C14H22N2S. The molecule has 1 fully saturated rings. The van der Waals surface area contributed by atoms with Crippen LogP contribution >= 0.6 is 11.8 Å². The minimum Gasteiger partial charge on any atom is -0.382 e. The summed E-state index contributed by atoms with van der Waals surface area (Å²) in [6.45, 7) is 1.01. The molecule has 2 rings (SSSR count). The highest BCUT2D eigenvalue weighted by Gasteiger charge is 2.13. The van der Waals surface area contributed by atoms with E-state index >= 15 is 0 Å². The zero-order valence-corrected chi connectivity index (χ0v) is 11.6. The second-order valence-electron chi connectivity index (χ2n) is 4.97. The Morgan fingerprint density at radius 1 is 1.29 bits per heavy atom. The lowest BCUT2D eigenvalue weighted by atomic mass is 10.1. The summed E-state index contributed by atoms with van der Waals surface area (Å²) in [5.74, 6) is 2.60. The number of nitrogens with one attached hydrogen (secondary N) is 1. The zero-order valence-electron chi connectivity index (χ0n) is 10.8. The van der Waals surface area contributed by atoms with Gasteiger partial charge in [0, 0.05) is 18.3 Å². The Morgan fingerprint density at radius 2 is 2.06 bits per heavy atom. The first-order valence-corrected chi connectivity index (χ1v) is 7.47. The van der Waals surface area contributed by atoms with E-state index in [4.69, 9.17) is 0 Å². The largest absolute Gasteiger partial charge is 0.382 e. The van der Waals surface area contributed by atoms with Crippen LogP contribution in [-0.2, 0) is 6.54 Å². The Morgan fingerprint density at radius 3 is 2.76 bits per heavy atom. The number of rotatable bonds is 4. The molecule has 1 heterocycles. The second kappa shape index (κ2) is 6.31. The summed E-state index contributed by atoms with van der Waals surface area (Å²) in [6.07, 6.45) is 2.59. The molecule has 0 saturated carbocycles. The second-order valence-corrected chi connectivity index (χ2v) is 6.19. The number of thioether (sulfide) groups is 1. The van der Waals surface area contributed by atoms with Crippen molar-refractivity contribution in [2.24, 2.45) is 0 Å². The normalized spacial score (nSPS) is 17.4. The van der Waals surface area contributed by atoms with Gasteiger partial charge in [-0.2, -0.15) is 11.8 Å². The number of benzene rings is 1. The summed E-state index contributed by atoms with van der Waals surface area (Å²) >= 11 is 2.07. The van der Waals surface area contributed by atoms with Gasteiger partial charge < -0.3 is 10.2 Å². The van der Waals surface area contributed by atoms with Crippen molar-refractivity contribution in [2.45, 2.75) is 25.4 Å². The molecule has 1 aromatic rings. The monoisotopic (exact) mass is 250 g/mol. The maximum atomic E-state index is 3.66. The average Bonchev–Trinajstić information content (AvgIpc) is 2.30. The Bertz CT molecular complexity index is 346. The molecule has 1 aliphatic rings. The predicted molar refractivity (Wildman–Crippen MR) is 77.8 cm³/mol. The zero-order chi connectivity index (χ0) is 12.1. The van der Waals surface area contributed by atoms with E-state index < -0.39 is 0 Å². The molecule has 1 aromatic carbocycles. The van der Waals surface area contributed by atoms with Crippen LogP contribution in [0.3, 0.4) is 0 Å². The van der Waals surface area contributed by atoms with E-state index in [0.29, 0.717) is 6.04 Å². The Labute approximate surface area is 109 Å². The van der Waals surface area contributed by atoms with E-state index in [0.717, 1.165) is 6.54 Å². The Hall–Kier alpha value is -0.670. The van der Waals surface area contributed by atoms with Gasteiger partial charge >= 0.3 is 0 Å². The molecule has 0 bridgehead atoms. The Balaban J connectivity index is 1.95. The molecule has 1 N–H and O–H groups in total. The van der Waals surface area contributed by atoms with Gasteiger partial charge in [0.25, 0.3) is 0 Å². The smallest absolute Gasteiger partial charge is 0.0345 e. The fourth-order valence-electron chi connectivity index (χ4n) is 2.20. The van der Waals surface area contributed by atoms with Gasteiger partial charge in [0.2, 0.25) is 0 Å². The van der Waals surface area contributed by atoms with Crippen LogP contribution in [0.5, 0.6) is 0 Å². The van der Waals surface area contributed by atoms with E-state index in [-0.39, 0.29) is 0 Å². The fraction of sp³-hybridized carbons (Fsp3) is 0.571. The van der Waals surface area contributed by atoms with Crippen molar-refractivity contribution in [3.63, 3.8) is 0 Å². The lowest BCUT2D eigenvalue weighted by molar-refractivity contribution is 0.402. The maximum absolute atomic E-state index is 3.66. The van der Waals surface area contributed by atoms with Crippen LogP contribution in [0.25, 0.3) is 0 Å². The Kier molecular flexibility index (Phi) is 4.75. The summed E-state index contributed by atoms with van der Waals surface area (Å²) in [6, 6.07) is 9.48. The summed E-state index contributed by atoms with van der Waals surface area (Å²) in [5, 5.41) is 3.66. The minimum atomic E-state index is 0.672. The summed E-state index contributed by atoms with van der Waals surface area (Å²) < 4.78 is 0. The summed E-state index contributed by atoms with van der Waals surface area (Å²) in [5.41, 5.74) is 2.66. The van der Waals surface area contributed by atoms with Crippen molar-refractivity contribution >= 4 is 17.4 Å². The lowest BCUT2D eigenvalue weighted by Crippen LogP contribution is -2.24. The van der Waals surface area contributed by atoms with Crippen molar-refractivity contribution < 1.29 is 0 Å². The predicted octanol–water partition coefficient (Wildman–Crippen LogP) is 3.06. The van der Waals surface area contributed by atoms with Crippen molar-refractivity contribution in [3.05, 3.63) is 29.8 Å². The van der Waals surface area contributed by atoms with Crippen molar-refractivity contribution in [2.75, 3.05) is 30.9 Å². The van der Waals surface area contributed by atoms with E-state index in [1.165, 1.54) is 35.6 Å². The standard InChI is InChI=1S/C14H22N2S/c1-16(2)11-12-4-3-5-14(10-12)15-13-6-8-17-9-7-13/h3-5,10,13,15H,6-9,11H2,1-2H3. The highest BCUT2D eigenvalue weighted by molar-refractivity contribution is 7.99. The van der Waals surface area contributed by atoms with Crippen LogP contribution in [-0.4, -0.2) is 36.5 Å². The van der Waals surface area contributed by atoms with E-state index in [1.807, 2.05) is 0 Å². The van der Waals surface area contributed by atoms with Crippen molar-refractivity contribution in [3.8, 4) is 0 Å². The minimum absolute atomic E-state index is 0.672. The van der Waals surface area contributed by atoms with Crippen molar-refractivity contribution in [1.82, 2.24) is 4.90 Å².